The highest BCUT2D eigenvalue weighted by molar-refractivity contribution is 6.29. The first-order valence-corrected chi connectivity index (χ1v) is 4.50. The number of anilines is 1. The van der Waals surface area contributed by atoms with E-state index in [0.717, 1.165) is 6.07 Å². The van der Waals surface area contributed by atoms with Gasteiger partial charge in [-0.2, -0.15) is 0 Å². The molecule has 0 spiro atoms. The molecule has 0 fully saturated rings. The minimum absolute atomic E-state index is 0.0409. The van der Waals surface area contributed by atoms with Crippen LogP contribution in [0.2, 0.25) is 0 Å². The smallest absolute Gasteiger partial charge is 0.290 e. The quantitative estimate of drug-likeness (QED) is 0.599. The van der Waals surface area contributed by atoms with Crippen molar-refractivity contribution in [3.05, 3.63) is 40.6 Å². The molecule has 0 aliphatic heterocycles. The summed E-state index contributed by atoms with van der Waals surface area (Å²) in [7, 11) is 0. The van der Waals surface area contributed by atoms with Gasteiger partial charge in [0, 0.05) is 6.07 Å². The number of nitrogens with one attached hydrogen (secondary N) is 1. The summed E-state index contributed by atoms with van der Waals surface area (Å²) in [5, 5.41) is 2.57. The Bertz CT molecular complexity index is 615. The number of hydrogen-bond acceptors (Lipinski definition) is 4. The molecule has 0 bridgehead atoms. The third kappa shape index (κ3) is 1.83. The molecule has 5 heteroatoms. The summed E-state index contributed by atoms with van der Waals surface area (Å²) < 4.78 is 5.22. The van der Waals surface area contributed by atoms with E-state index in [-0.39, 0.29) is 17.6 Å². The van der Waals surface area contributed by atoms with Gasteiger partial charge in [0.15, 0.2) is 5.43 Å². The van der Waals surface area contributed by atoms with Gasteiger partial charge in [-0.3, -0.25) is 19.7 Å². The first kappa shape index (κ1) is 10.1. The van der Waals surface area contributed by atoms with E-state index in [9.17, 15) is 14.4 Å². The van der Waals surface area contributed by atoms with E-state index in [1.54, 1.807) is 24.3 Å². The molecule has 0 atom stereocenters. The summed E-state index contributed by atoms with van der Waals surface area (Å²) in [6.45, 7) is 0. The monoisotopic (exact) mass is 217 g/mol. The Kier molecular flexibility index (Phi) is 2.51. The largest absolute Gasteiger partial charge is 0.440 e. The van der Waals surface area contributed by atoms with E-state index >= 15 is 0 Å². The van der Waals surface area contributed by atoms with Crippen molar-refractivity contribution in [2.45, 2.75) is 0 Å². The summed E-state index contributed by atoms with van der Waals surface area (Å²) in [6.07, 6.45) is 0.106. The van der Waals surface area contributed by atoms with Crippen molar-refractivity contribution in [1.82, 2.24) is 0 Å². The van der Waals surface area contributed by atoms with Crippen molar-refractivity contribution in [3.8, 4) is 0 Å². The highest BCUT2D eigenvalue weighted by Gasteiger charge is 2.06. The molecule has 0 unspecified atom stereocenters. The van der Waals surface area contributed by atoms with Gasteiger partial charge in [0.25, 0.3) is 5.91 Å². The van der Waals surface area contributed by atoms with Gasteiger partial charge >= 0.3 is 0 Å². The molecule has 5 nitrogen and oxygen atoms in total. The van der Waals surface area contributed by atoms with Gasteiger partial charge in [0.05, 0.1) is 5.39 Å². The fraction of sp³-hybridized carbons (Fsp3) is 0. The number of fused-ring (bicyclic) bond motifs is 1. The molecule has 16 heavy (non-hydrogen) atoms. The summed E-state index contributed by atoms with van der Waals surface area (Å²) in [5.74, 6) is -0.903. The van der Waals surface area contributed by atoms with Gasteiger partial charge in [-0.15, -0.1) is 0 Å². The average molecular weight is 217 g/mol. The molecule has 2 rings (SSSR count). The molecule has 0 aliphatic rings. The molecule has 0 aliphatic carbocycles. The van der Waals surface area contributed by atoms with E-state index in [1.807, 2.05) is 0 Å². The molecule has 1 heterocycles. The second-order valence-corrected chi connectivity index (χ2v) is 3.08. The van der Waals surface area contributed by atoms with Gasteiger partial charge in [0.1, 0.15) is 5.58 Å². The van der Waals surface area contributed by atoms with Crippen LogP contribution >= 0.6 is 0 Å². The van der Waals surface area contributed by atoms with Crippen molar-refractivity contribution >= 4 is 29.0 Å². The second kappa shape index (κ2) is 3.98. The topological polar surface area (TPSA) is 76.4 Å². The number of carbonyl (C=O) groups excluding carboxylic acids is 2. The van der Waals surface area contributed by atoms with Crippen LogP contribution in [0.4, 0.5) is 5.88 Å². The van der Waals surface area contributed by atoms with Gasteiger partial charge in [-0.05, 0) is 12.1 Å². The van der Waals surface area contributed by atoms with E-state index in [0.29, 0.717) is 11.0 Å². The molecule has 0 saturated carbocycles. The lowest BCUT2D eigenvalue weighted by Gasteiger charge is -2.01. The Balaban J connectivity index is 2.54. The molecule has 0 saturated heterocycles. The Morgan fingerprint density at radius 3 is 2.81 bits per heavy atom. The van der Waals surface area contributed by atoms with E-state index < -0.39 is 5.91 Å². The number of carbonyl (C=O) groups is 2. The lowest BCUT2D eigenvalue weighted by molar-refractivity contribution is -0.127. The molecular formula is C11H7NO4. The van der Waals surface area contributed by atoms with Crippen LogP contribution in [0.5, 0.6) is 0 Å². The zero-order chi connectivity index (χ0) is 11.5. The van der Waals surface area contributed by atoms with Crippen LogP contribution in [-0.2, 0) is 9.59 Å². The van der Waals surface area contributed by atoms with Gasteiger partial charge < -0.3 is 4.42 Å². The summed E-state index contributed by atoms with van der Waals surface area (Å²) in [4.78, 5) is 32.5. The van der Waals surface area contributed by atoms with E-state index in [4.69, 9.17) is 4.42 Å². The average Bonchev–Trinajstić information content (AvgIpc) is 2.29. The molecule has 2 aromatic rings. The van der Waals surface area contributed by atoms with Gasteiger partial charge in [0.2, 0.25) is 12.2 Å². The number of amides is 1. The minimum atomic E-state index is -0.863. The van der Waals surface area contributed by atoms with Crippen LogP contribution < -0.4 is 10.7 Å². The predicted molar refractivity (Wildman–Crippen MR) is 57.2 cm³/mol. The Hall–Kier alpha value is -2.43. The molecule has 1 amide bonds. The summed E-state index contributed by atoms with van der Waals surface area (Å²) in [6, 6.07) is 7.77. The van der Waals surface area contributed by atoms with Crippen LogP contribution in [0, 0.1) is 0 Å². The Labute approximate surface area is 89.7 Å². The number of aldehydes is 1. The van der Waals surface area contributed by atoms with E-state index in [1.165, 1.54) is 0 Å². The van der Waals surface area contributed by atoms with Crippen molar-refractivity contribution in [3.63, 3.8) is 0 Å². The Morgan fingerprint density at radius 2 is 2.06 bits per heavy atom. The van der Waals surface area contributed by atoms with E-state index in [2.05, 4.69) is 5.32 Å². The normalized spacial score (nSPS) is 10.0. The van der Waals surface area contributed by atoms with Crippen LogP contribution in [-0.4, -0.2) is 12.2 Å². The minimum Gasteiger partial charge on any atom is -0.440 e. The first-order valence-electron chi connectivity index (χ1n) is 4.50. The Morgan fingerprint density at radius 1 is 1.31 bits per heavy atom. The third-order valence-electron chi connectivity index (χ3n) is 1.99. The highest BCUT2D eigenvalue weighted by atomic mass is 16.3. The predicted octanol–water partition coefficient (Wildman–Crippen LogP) is 0.930. The lowest BCUT2D eigenvalue weighted by Crippen LogP contribution is -2.14. The maximum absolute atomic E-state index is 11.6. The molecule has 1 N–H and O–H groups in total. The highest BCUT2D eigenvalue weighted by Crippen LogP contribution is 2.14. The van der Waals surface area contributed by atoms with Crippen molar-refractivity contribution in [2.75, 3.05) is 5.32 Å². The van der Waals surface area contributed by atoms with Crippen molar-refractivity contribution in [1.29, 1.82) is 0 Å². The molecule has 1 aromatic heterocycles. The van der Waals surface area contributed by atoms with Crippen molar-refractivity contribution < 1.29 is 14.0 Å². The molecular weight excluding hydrogens is 210 g/mol. The fourth-order valence-corrected chi connectivity index (χ4v) is 1.32. The van der Waals surface area contributed by atoms with Crippen LogP contribution in [0.15, 0.2) is 39.5 Å². The molecule has 1 aromatic carbocycles. The van der Waals surface area contributed by atoms with Gasteiger partial charge in [-0.25, -0.2) is 0 Å². The lowest BCUT2D eigenvalue weighted by atomic mass is 10.2. The standard InChI is InChI=1S/C11H7NO4/c13-6-10(15)12-11-5-8(14)7-3-1-2-4-9(7)16-11/h1-6H,(H,12,15). The maximum atomic E-state index is 11.6. The zero-order valence-corrected chi connectivity index (χ0v) is 8.10. The zero-order valence-electron chi connectivity index (χ0n) is 8.10. The number of benzene rings is 1. The van der Waals surface area contributed by atoms with Crippen LogP contribution in [0.1, 0.15) is 0 Å². The van der Waals surface area contributed by atoms with Crippen LogP contribution in [0.3, 0.4) is 0 Å². The first-order chi connectivity index (χ1) is 7.70. The molecule has 80 valence electrons. The summed E-state index contributed by atoms with van der Waals surface area (Å²) >= 11 is 0. The number of rotatable bonds is 2. The van der Waals surface area contributed by atoms with Crippen LogP contribution in [0.25, 0.3) is 11.0 Å². The maximum Gasteiger partial charge on any atom is 0.290 e. The second-order valence-electron chi connectivity index (χ2n) is 3.08. The fourth-order valence-electron chi connectivity index (χ4n) is 1.32. The SMILES string of the molecule is O=CC(=O)Nc1cc(=O)c2ccccc2o1. The van der Waals surface area contributed by atoms with Crippen molar-refractivity contribution in [2.24, 2.45) is 0 Å². The third-order valence-corrected chi connectivity index (χ3v) is 1.99. The number of para-hydroxylation sites is 1. The van der Waals surface area contributed by atoms with Gasteiger partial charge in [-0.1, -0.05) is 12.1 Å². The number of hydrogen-bond donors (Lipinski definition) is 1. The summed E-state index contributed by atoms with van der Waals surface area (Å²) in [5.41, 5.74) is 0.0826. The molecule has 0 radical (unpaired) electrons.